The molecule has 0 aromatic carbocycles. The van der Waals surface area contributed by atoms with Gasteiger partial charge in [0, 0.05) is 11.8 Å². The Hall–Kier alpha value is -0.660. The van der Waals surface area contributed by atoms with E-state index in [2.05, 4.69) is 0 Å². The monoisotopic (exact) mass is 206 g/mol. The molecule has 82 valence electrons. The molecule has 0 spiro atoms. The van der Waals surface area contributed by atoms with Gasteiger partial charge in [0.05, 0.1) is 0 Å². The van der Waals surface area contributed by atoms with Gasteiger partial charge in [0.15, 0.2) is 0 Å². The van der Waals surface area contributed by atoms with Crippen LogP contribution in [0.2, 0.25) is 0 Å². The maximum absolute atomic E-state index is 11.1. The van der Waals surface area contributed by atoms with Crippen molar-refractivity contribution in [3.63, 3.8) is 0 Å². The summed E-state index contributed by atoms with van der Waals surface area (Å²) in [6, 6.07) is 0. The maximum Gasteiger partial charge on any atom is 0.123 e. The Bertz CT molecular complexity index is 286. The summed E-state index contributed by atoms with van der Waals surface area (Å²) in [7, 11) is 0. The molecule has 0 amide bonds. The molecule has 0 aromatic heterocycles. The second kappa shape index (κ2) is 3.43. The fourth-order valence-corrected chi connectivity index (χ4v) is 4.70. The lowest BCUT2D eigenvalue weighted by molar-refractivity contribution is -0.113. The lowest BCUT2D eigenvalue weighted by Crippen LogP contribution is -2.30. The van der Waals surface area contributed by atoms with Gasteiger partial charge in [-0.25, -0.2) is 0 Å². The zero-order valence-corrected chi connectivity index (χ0v) is 8.97. The van der Waals surface area contributed by atoms with Crippen molar-refractivity contribution in [3.8, 4) is 0 Å². The topological polar surface area (TPSA) is 34.1 Å². The molecule has 0 heterocycles. The van der Waals surface area contributed by atoms with E-state index < -0.39 is 0 Å². The number of carbonyl (C=O) groups excluding carboxylic acids is 2. The van der Waals surface area contributed by atoms with E-state index in [-0.39, 0.29) is 5.92 Å². The van der Waals surface area contributed by atoms with Crippen LogP contribution < -0.4 is 0 Å². The minimum absolute atomic E-state index is 0.290. The summed E-state index contributed by atoms with van der Waals surface area (Å²) in [4.78, 5) is 21.9. The van der Waals surface area contributed by atoms with Gasteiger partial charge < -0.3 is 9.59 Å². The van der Waals surface area contributed by atoms with E-state index in [9.17, 15) is 9.59 Å². The summed E-state index contributed by atoms with van der Waals surface area (Å²) < 4.78 is 0. The standard InChI is InChI=1S/C13H18O2/c14-6-8-1-2-9-10-3-4-11(12(9)5-8)13(10)7-15/h6-13H,1-5H2. The molecular formula is C13H18O2. The number of aldehydes is 2. The molecule has 0 N–H and O–H groups in total. The smallest absolute Gasteiger partial charge is 0.123 e. The highest BCUT2D eigenvalue weighted by Crippen LogP contribution is 2.60. The van der Waals surface area contributed by atoms with Crippen molar-refractivity contribution in [2.24, 2.45) is 35.5 Å². The number of rotatable bonds is 2. The van der Waals surface area contributed by atoms with Crippen LogP contribution in [0.4, 0.5) is 0 Å². The molecule has 3 saturated carbocycles. The van der Waals surface area contributed by atoms with Crippen LogP contribution in [0.15, 0.2) is 0 Å². The Morgan fingerprint density at radius 3 is 2.07 bits per heavy atom. The van der Waals surface area contributed by atoms with Crippen LogP contribution in [0.5, 0.6) is 0 Å². The molecule has 2 heteroatoms. The highest BCUT2D eigenvalue weighted by molar-refractivity contribution is 5.57. The first-order valence-corrected chi connectivity index (χ1v) is 6.25. The molecule has 3 fully saturated rings. The van der Waals surface area contributed by atoms with Gasteiger partial charge >= 0.3 is 0 Å². The van der Waals surface area contributed by atoms with E-state index in [1.165, 1.54) is 25.5 Å². The number of carbonyl (C=O) groups is 2. The van der Waals surface area contributed by atoms with Crippen LogP contribution in [-0.4, -0.2) is 12.6 Å². The largest absolute Gasteiger partial charge is 0.303 e. The lowest BCUT2D eigenvalue weighted by Gasteiger charge is -2.37. The summed E-state index contributed by atoms with van der Waals surface area (Å²) >= 11 is 0. The van der Waals surface area contributed by atoms with E-state index in [4.69, 9.17) is 0 Å². The van der Waals surface area contributed by atoms with E-state index in [1.807, 2.05) is 0 Å². The summed E-state index contributed by atoms with van der Waals surface area (Å²) in [6.45, 7) is 0. The van der Waals surface area contributed by atoms with Crippen molar-refractivity contribution in [3.05, 3.63) is 0 Å². The van der Waals surface area contributed by atoms with Gasteiger partial charge in [-0.3, -0.25) is 0 Å². The maximum atomic E-state index is 11.1. The SMILES string of the molecule is O=CC1CCC2C3CCC(C3C=O)C2C1. The predicted octanol–water partition coefficient (Wildman–Crippen LogP) is 2.07. The summed E-state index contributed by atoms with van der Waals surface area (Å²) in [5.41, 5.74) is 0. The molecule has 3 aliphatic rings. The van der Waals surface area contributed by atoms with Gasteiger partial charge in [-0.2, -0.15) is 0 Å². The molecular weight excluding hydrogens is 188 g/mol. The number of fused-ring (bicyclic) bond motifs is 5. The average Bonchev–Trinajstić information content (AvgIpc) is 2.83. The Kier molecular flexibility index (Phi) is 2.18. The third kappa shape index (κ3) is 1.23. The predicted molar refractivity (Wildman–Crippen MR) is 56.2 cm³/mol. The van der Waals surface area contributed by atoms with Crippen molar-refractivity contribution >= 4 is 12.6 Å². The molecule has 6 unspecified atom stereocenters. The highest BCUT2D eigenvalue weighted by Gasteiger charge is 2.55. The summed E-state index contributed by atoms with van der Waals surface area (Å²) in [5, 5.41) is 0. The van der Waals surface area contributed by atoms with Crippen LogP contribution in [-0.2, 0) is 9.59 Å². The second-order valence-electron chi connectivity index (χ2n) is 5.66. The van der Waals surface area contributed by atoms with Crippen LogP contribution in [0.25, 0.3) is 0 Å². The Morgan fingerprint density at radius 2 is 1.40 bits per heavy atom. The molecule has 2 bridgehead atoms. The first kappa shape index (κ1) is 9.56. The quantitative estimate of drug-likeness (QED) is 0.648. The molecule has 0 aromatic rings. The van der Waals surface area contributed by atoms with Gasteiger partial charge in [-0.15, -0.1) is 0 Å². The second-order valence-corrected chi connectivity index (χ2v) is 5.66. The van der Waals surface area contributed by atoms with E-state index in [1.54, 1.807) is 0 Å². The third-order valence-electron chi connectivity index (χ3n) is 5.27. The lowest BCUT2D eigenvalue weighted by atomic mass is 9.68. The Labute approximate surface area is 90.4 Å². The number of hydrogen-bond acceptors (Lipinski definition) is 2. The van der Waals surface area contributed by atoms with Gasteiger partial charge in [0.1, 0.15) is 12.6 Å². The Morgan fingerprint density at radius 1 is 0.733 bits per heavy atom. The molecule has 3 aliphatic carbocycles. The van der Waals surface area contributed by atoms with Crippen LogP contribution in [0, 0.1) is 35.5 Å². The van der Waals surface area contributed by atoms with Crippen molar-refractivity contribution in [1.29, 1.82) is 0 Å². The third-order valence-corrected chi connectivity index (χ3v) is 5.27. The van der Waals surface area contributed by atoms with Crippen molar-refractivity contribution in [2.75, 3.05) is 0 Å². The first-order valence-electron chi connectivity index (χ1n) is 6.25. The average molecular weight is 206 g/mol. The summed E-state index contributed by atoms with van der Waals surface area (Å²) in [5.74, 6) is 3.40. The van der Waals surface area contributed by atoms with Gasteiger partial charge in [0.2, 0.25) is 0 Å². The van der Waals surface area contributed by atoms with Crippen LogP contribution in [0.1, 0.15) is 32.1 Å². The fourth-order valence-electron chi connectivity index (χ4n) is 4.70. The molecule has 2 nitrogen and oxygen atoms in total. The molecule has 0 radical (unpaired) electrons. The molecule has 0 saturated heterocycles. The van der Waals surface area contributed by atoms with E-state index >= 15 is 0 Å². The van der Waals surface area contributed by atoms with Gasteiger partial charge in [-0.05, 0) is 55.8 Å². The van der Waals surface area contributed by atoms with Gasteiger partial charge in [-0.1, -0.05) is 0 Å². The van der Waals surface area contributed by atoms with Crippen LogP contribution in [0.3, 0.4) is 0 Å². The minimum atomic E-state index is 0.290. The first-order chi connectivity index (χ1) is 7.35. The molecule has 0 aliphatic heterocycles. The van der Waals surface area contributed by atoms with Crippen molar-refractivity contribution < 1.29 is 9.59 Å². The Balaban J connectivity index is 1.82. The zero-order chi connectivity index (χ0) is 10.4. The van der Waals surface area contributed by atoms with E-state index in [0.717, 1.165) is 25.0 Å². The minimum Gasteiger partial charge on any atom is -0.303 e. The molecule has 3 rings (SSSR count). The highest BCUT2D eigenvalue weighted by atomic mass is 16.1. The van der Waals surface area contributed by atoms with E-state index in [0.29, 0.717) is 23.7 Å². The van der Waals surface area contributed by atoms with Gasteiger partial charge in [0.25, 0.3) is 0 Å². The zero-order valence-electron chi connectivity index (χ0n) is 8.97. The van der Waals surface area contributed by atoms with Crippen LogP contribution >= 0.6 is 0 Å². The number of hydrogen-bond donors (Lipinski definition) is 0. The molecule has 15 heavy (non-hydrogen) atoms. The normalized spacial score (nSPS) is 52.5. The van der Waals surface area contributed by atoms with Crippen molar-refractivity contribution in [1.82, 2.24) is 0 Å². The van der Waals surface area contributed by atoms with Crippen molar-refractivity contribution in [2.45, 2.75) is 32.1 Å². The fraction of sp³-hybridized carbons (Fsp3) is 0.846. The molecule has 6 atom stereocenters. The summed E-state index contributed by atoms with van der Waals surface area (Å²) in [6.07, 6.45) is 8.18.